The maximum atomic E-state index is 11.9. The van der Waals surface area contributed by atoms with Crippen molar-refractivity contribution in [2.45, 2.75) is 26.8 Å². The highest BCUT2D eigenvalue weighted by molar-refractivity contribution is 6.07. The molecular weight excluding hydrogens is 288 g/mol. The zero-order valence-electron chi connectivity index (χ0n) is 13.7. The molecule has 0 bridgehead atoms. The van der Waals surface area contributed by atoms with E-state index in [0.717, 1.165) is 16.4 Å². The van der Waals surface area contributed by atoms with E-state index in [2.05, 4.69) is 36.3 Å². The van der Waals surface area contributed by atoms with Crippen LogP contribution in [-0.4, -0.2) is 23.5 Å². The minimum atomic E-state index is -0.0945. The molecule has 0 radical (unpaired) electrons. The number of para-hydroxylation sites is 1. The molecule has 23 heavy (non-hydrogen) atoms. The fourth-order valence-electron chi connectivity index (χ4n) is 2.53. The molecule has 0 aliphatic carbocycles. The van der Waals surface area contributed by atoms with Gasteiger partial charge in [0.2, 0.25) is 0 Å². The molecule has 0 aliphatic rings. The molecule has 0 aliphatic heterocycles. The molecule has 1 atom stereocenters. The minimum absolute atomic E-state index is 0.0306. The molecule has 0 spiro atoms. The van der Waals surface area contributed by atoms with Crippen molar-refractivity contribution < 1.29 is 9.53 Å². The van der Waals surface area contributed by atoms with E-state index in [-0.39, 0.29) is 18.6 Å². The van der Waals surface area contributed by atoms with Gasteiger partial charge >= 0.3 is 0 Å². The van der Waals surface area contributed by atoms with E-state index in [9.17, 15) is 4.79 Å². The van der Waals surface area contributed by atoms with Crippen LogP contribution in [0.4, 0.5) is 0 Å². The topological polar surface area (TPSA) is 54.1 Å². The number of amides is 1. The van der Waals surface area contributed by atoms with Crippen LogP contribution >= 0.6 is 0 Å². The number of hydrogen-bond acceptors (Lipinski definition) is 2. The summed E-state index contributed by atoms with van der Waals surface area (Å²) in [6, 6.07) is 14.2. The Labute approximate surface area is 135 Å². The quantitative estimate of drug-likeness (QED) is 0.752. The molecule has 3 aromatic rings. The molecule has 2 N–H and O–H groups in total. The van der Waals surface area contributed by atoms with Gasteiger partial charge in [0, 0.05) is 28.4 Å². The summed E-state index contributed by atoms with van der Waals surface area (Å²) in [6.45, 7) is 6.19. The first kappa shape index (κ1) is 15.4. The van der Waals surface area contributed by atoms with E-state index >= 15 is 0 Å². The highest BCUT2D eigenvalue weighted by Crippen LogP contribution is 2.28. The normalized spacial score (nSPS) is 12.7. The van der Waals surface area contributed by atoms with Crippen LogP contribution in [0.5, 0.6) is 5.75 Å². The summed E-state index contributed by atoms with van der Waals surface area (Å²) in [5.41, 5.74) is 2.11. The first-order valence-electron chi connectivity index (χ1n) is 7.97. The highest BCUT2D eigenvalue weighted by Gasteiger charge is 2.11. The Morgan fingerprint density at radius 3 is 2.61 bits per heavy atom. The summed E-state index contributed by atoms with van der Waals surface area (Å²) in [5.74, 6) is 1.00. The molecule has 120 valence electrons. The zero-order chi connectivity index (χ0) is 16.4. The third kappa shape index (κ3) is 3.31. The molecule has 4 heteroatoms. The molecule has 0 saturated heterocycles. The van der Waals surface area contributed by atoms with E-state index in [1.54, 1.807) is 0 Å². The van der Waals surface area contributed by atoms with Crippen LogP contribution in [0.25, 0.3) is 21.8 Å². The molecule has 1 aromatic heterocycles. The maximum Gasteiger partial charge on any atom is 0.258 e. The minimum Gasteiger partial charge on any atom is -0.484 e. The zero-order valence-corrected chi connectivity index (χ0v) is 13.7. The molecule has 2 aromatic carbocycles. The van der Waals surface area contributed by atoms with Crippen molar-refractivity contribution in [3.63, 3.8) is 0 Å². The van der Waals surface area contributed by atoms with Crippen LogP contribution < -0.4 is 10.1 Å². The van der Waals surface area contributed by atoms with E-state index in [0.29, 0.717) is 11.7 Å². The van der Waals surface area contributed by atoms with Crippen LogP contribution in [0.15, 0.2) is 42.5 Å². The standard InChI is InChI=1S/C19H22N2O2/c1-12(2)13(3)20-19(22)11-23-14-8-9-16-15-6-4-5-7-17(15)21-18(16)10-14/h4-10,12-13,21H,11H2,1-3H3,(H,20,22)/t13-/m0/s1. The summed E-state index contributed by atoms with van der Waals surface area (Å²) < 4.78 is 5.62. The van der Waals surface area contributed by atoms with Crippen molar-refractivity contribution in [3.05, 3.63) is 42.5 Å². The first-order valence-corrected chi connectivity index (χ1v) is 7.97. The lowest BCUT2D eigenvalue weighted by Crippen LogP contribution is -2.38. The van der Waals surface area contributed by atoms with Gasteiger partial charge in [-0.25, -0.2) is 0 Å². The van der Waals surface area contributed by atoms with Crippen LogP contribution in [0, 0.1) is 5.92 Å². The summed E-state index contributed by atoms with van der Waals surface area (Å²) in [5, 5.41) is 5.29. The van der Waals surface area contributed by atoms with Crippen molar-refractivity contribution in [2.24, 2.45) is 5.92 Å². The third-order valence-electron chi connectivity index (χ3n) is 4.24. The molecule has 1 heterocycles. The van der Waals surface area contributed by atoms with Gasteiger partial charge in [0.15, 0.2) is 6.61 Å². The van der Waals surface area contributed by atoms with Gasteiger partial charge < -0.3 is 15.0 Å². The number of hydrogen-bond donors (Lipinski definition) is 2. The second-order valence-electron chi connectivity index (χ2n) is 6.27. The van der Waals surface area contributed by atoms with Gasteiger partial charge in [-0.1, -0.05) is 32.0 Å². The number of aromatic amines is 1. The fourth-order valence-corrected chi connectivity index (χ4v) is 2.53. The SMILES string of the molecule is CC(C)[C@H](C)NC(=O)COc1ccc2c(c1)[nH]c1ccccc12. The van der Waals surface area contributed by atoms with Crippen LogP contribution in [0.3, 0.4) is 0 Å². The van der Waals surface area contributed by atoms with Gasteiger partial charge in [-0.05, 0) is 31.0 Å². The van der Waals surface area contributed by atoms with Crippen LogP contribution in [0.2, 0.25) is 0 Å². The molecule has 0 fully saturated rings. The molecule has 4 nitrogen and oxygen atoms in total. The van der Waals surface area contributed by atoms with Gasteiger partial charge in [-0.3, -0.25) is 4.79 Å². The van der Waals surface area contributed by atoms with E-state index in [1.807, 2.05) is 37.3 Å². The predicted molar refractivity (Wildman–Crippen MR) is 93.7 cm³/mol. The number of H-pyrrole nitrogens is 1. The predicted octanol–water partition coefficient (Wildman–Crippen LogP) is 3.86. The summed E-state index contributed by atoms with van der Waals surface area (Å²) in [4.78, 5) is 15.3. The Morgan fingerprint density at radius 1 is 1.09 bits per heavy atom. The fraction of sp³-hybridized carbons (Fsp3) is 0.316. The number of nitrogens with one attached hydrogen (secondary N) is 2. The number of aromatic nitrogens is 1. The second kappa shape index (κ2) is 6.32. The molecule has 1 amide bonds. The third-order valence-corrected chi connectivity index (χ3v) is 4.24. The summed E-state index contributed by atoms with van der Waals surface area (Å²) in [7, 11) is 0. The maximum absolute atomic E-state index is 11.9. The Balaban J connectivity index is 1.71. The monoisotopic (exact) mass is 310 g/mol. The lowest BCUT2D eigenvalue weighted by Gasteiger charge is -2.17. The molecule has 0 saturated carbocycles. The van der Waals surface area contributed by atoms with Crippen LogP contribution in [-0.2, 0) is 4.79 Å². The largest absolute Gasteiger partial charge is 0.484 e. The van der Waals surface area contributed by atoms with Crippen molar-refractivity contribution in [3.8, 4) is 5.75 Å². The van der Waals surface area contributed by atoms with Gasteiger partial charge in [0.25, 0.3) is 5.91 Å². The number of carbonyl (C=O) groups is 1. The van der Waals surface area contributed by atoms with Crippen molar-refractivity contribution in [1.29, 1.82) is 0 Å². The first-order chi connectivity index (χ1) is 11.0. The molecule has 3 rings (SSSR count). The number of carbonyl (C=O) groups excluding carboxylic acids is 1. The van der Waals surface area contributed by atoms with Gasteiger partial charge in [0.05, 0.1) is 5.52 Å². The van der Waals surface area contributed by atoms with Gasteiger partial charge in [-0.15, -0.1) is 0 Å². The van der Waals surface area contributed by atoms with E-state index in [4.69, 9.17) is 4.74 Å². The van der Waals surface area contributed by atoms with E-state index < -0.39 is 0 Å². The van der Waals surface area contributed by atoms with E-state index in [1.165, 1.54) is 5.39 Å². The number of rotatable bonds is 5. The Bertz CT molecular complexity index is 836. The summed E-state index contributed by atoms with van der Waals surface area (Å²) in [6.07, 6.45) is 0. The lowest BCUT2D eigenvalue weighted by molar-refractivity contribution is -0.124. The smallest absolute Gasteiger partial charge is 0.258 e. The molecule has 0 unspecified atom stereocenters. The van der Waals surface area contributed by atoms with Crippen molar-refractivity contribution in [1.82, 2.24) is 10.3 Å². The molecular formula is C19H22N2O2. The van der Waals surface area contributed by atoms with Gasteiger partial charge in [-0.2, -0.15) is 0 Å². The van der Waals surface area contributed by atoms with Crippen LogP contribution in [0.1, 0.15) is 20.8 Å². The Kier molecular flexibility index (Phi) is 4.24. The lowest BCUT2D eigenvalue weighted by atomic mass is 10.1. The van der Waals surface area contributed by atoms with Crippen molar-refractivity contribution in [2.75, 3.05) is 6.61 Å². The number of benzene rings is 2. The Hall–Kier alpha value is -2.49. The number of fused-ring (bicyclic) bond motifs is 3. The summed E-state index contributed by atoms with van der Waals surface area (Å²) >= 11 is 0. The highest BCUT2D eigenvalue weighted by atomic mass is 16.5. The van der Waals surface area contributed by atoms with Gasteiger partial charge in [0.1, 0.15) is 5.75 Å². The Morgan fingerprint density at radius 2 is 1.83 bits per heavy atom. The van der Waals surface area contributed by atoms with Crippen molar-refractivity contribution >= 4 is 27.7 Å². The number of ether oxygens (including phenoxy) is 1. The average molecular weight is 310 g/mol. The average Bonchev–Trinajstić information content (AvgIpc) is 2.90. The second-order valence-corrected chi connectivity index (χ2v) is 6.27.